The van der Waals surface area contributed by atoms with Gasteiger partial charge >= 0.3 is 0 Å². The van der Waals surface area contributed by atoms with Crippen LogP contribution in [0.1, 0.15) is 47.0 Å². The number of carbonyl (C=O) groups excluding carboxylic acids is 1. The van der Waals surface area contributed by atoms with Gasteiger partial charge in [0.2, 0.25) is 5.91 Å². The number of rotatable bonds is 8. The Morgan fingerprint density at radius 2 is 1.88 bits per heavy atom. The molecule has 4 nitrogen and oxygen atoms in total. The molecule has 0 heterocycles. The summed E-state index contributed by atoms with van der Waals surface area (Å²) in [6, 6.07) is 0.207. The fraction of sp³-hybridized carbons (Fsp3) is 0.923. The van der Waals surface area contributed by atoms with Gasteiger partial charge < -0.3 is 15.4 Å². The minimum absolute atomic E-state index is 0.0499. The number of methoxy groups -OCH3 is 1. The lowest BCUT2D eigenvalue weighted by Gasteiger charge is -2.36. The van der Waals surface area contributed by atoms with Gasteiger partial charge in [-0.05, 0) is 26.2 Å². The Kier molecular flexibility index (Phi) is 7.39. The van der Waals surface area contributed by atoms with Crippen molar-refractivity contribution in [1.82, 2.24) is 4.90 Å². The third-order valence-electron chi connectivity index (χ3n) is 3.61. The summed E-state index contributed by atoms with van der Waals surface area (Å²) in [5.74, 6) is 0.0499. The van der Waals surface area contributed by atoms with Crippen molar-refractivity contribution in [1.29, 1.82) is 0 Å². The van der Waals surface area contributed by atoms with E-state index >= 15 is 0 Å². The van der Waals surface area contributed by atoms with Crippen LogP contribution in [-0.4, -0.2) is 42.6 Å². The maximum atomic E-state index is 12.5. The minimum Gasteiger partial charge on any atom is -0.383 e. The summed E-state index contributed by atoms with van der Waals surface area (Å²) < 4.78 is 5.06. The van der Waals surface area contributed by atoms with E-state index in [0.717, 1.165) is 6.42 Å². The van der Waals surface area contributed by atoms with Crippen molar-refractivity contribution in [3.8, 4) is 0 Å². The lowest BCUT2D eigenvalue weighted by molar-refractivity contribution is -0.140. The van der Waals surface area contributed by atoms with Crippen LogP contribution < -0.4 is 5.73 Å². The fourth-order valence-electron chi connectivity index (χ4n) is 1.77. The zero-order valence-corrected chi connectivity index (χ0v) is 12.0. The second-order valence-corrected chi connectivity index (χ2v) is 4.61. The van der Waals surface area contributed by atoms with Gasteiger partial charge in [0.15, 0.2) is 0 Å². The quantitative estimate of drug-likeness (QED) is 0.708. The second-order valence-electron chi connectivity index (χ2n) is 4.61. The highest BCUT2D eigenvalue weighted by atomic mass is 16.5. The van der Waals surface area contributed by atoms with E-state index in [4.69, 9.17) is 10.5 Å². The molecule has 0 aromatic rings. The molecule has 0 aliphatic carbocycles. The van der Waals surface area contributed by atoms with Crippen molar-refractivity contribution in [3.63, 3.8) is 0 Å². The smallest absolute Gasteiger partial charge is 0.242 e. The van der Waals surface area contributed by atoms with Crippen LogP contribution in [0, 0.1) is 0 Å². The van der Waals surface area contributed by atoms with Crippen LogP contribution in [0.3, 0.4) is 0 Å². The molecular formula is C13H28N2O2. The molecule has 1 atom stereocenters. The molecule has 0 aliphatic rings. The number of amides is 1. The molecule has 0 aromatic heterocycles. The summed E-state index contributed by atoms with van der Waals surface area (Å²) in [5.41, 5.74) is 5.45. The molecule has 0 fully saturated rings. The van der Waals surface area contributed by atoms with E-state index in [1.165, 1.54) is 0 Å². The number of hydrogen-bond donors (Lipinski definition) is 1. The molecule has 1 unspecified atom stereocenters. The maximum Gasteiger partial charge on any atom is 0.242 e. The molecule has 17 heavy (non-hydrogen) atoms. The number of carbonyl (C=O) groups is 1. The third-order valence-corrected chi connectivity index (χ3v) is 3.61. The predicted molar refractivity (Wildman–Crippen MR) is 70.8 cm³/mol. The zero-order chi connectivity index (χ0) is 13.5. The van der Waals surface area contributed by atoms with Gasteiger partial charge in [0.05, 0.1) is 12.1 Å². The van der Waals surface area contributed by atoms with E-state index in [0.29, 0.717) is 26.0 Å². The maximum absolute atomic E-state index is 12.5. The number of nitrogens with zero attached hydrogens (tertiary/aromatic N) is 1. The minimum atomic E-state index is -0.725. The molecule has 0 spiro atoms. The van der Waals surface area contributed by atoms with Gasteiger partial charge in [0.25, 0.3) is 0 Å². The van der Waals surface area contributed by atoms with Gasteiger partial charge in [0.1, 0.15) is 0 Å². The first-order valence-electron chi connectivity index (χ1n) is 6.55. The van der Waals surface area contributed by atoms with Gasteiger partial charge in [-0.25, -0.2) is 0 Å². The van der Waals surface area contributed by atoms with Crippen LogP contribution in [0.25, 0.3) is 0 Å². The van der Waals surface area contributed by atoms with Gasteiger partial charge in [0, 0.05) is 19.7 Å². The van der Waals surface area contributed by atoms with Crippen molar-refractivity contribution < 1.29 is 9.53 Å². The first-order chi connectivity index (χ1) is 7.96. The van der Waals surface area contributed by atoms with Crippen molar-refractivity contribution in [3.05, 3.63) is 0 Å². The average molecular weight is 244 g/mol. The highest BCUT2D eigenvalue weighted by molar-refractivity contribution is 5.86. The topological polar surface area (TPSA) is 55.6 Å². The molecule has 102 valence electrons. The standard InChI is InChI=1S/C13H28N2O2/c1-6-11(4)15(9-10-17-5)12(16)13(14,7-2)8-3/h11H,6-10,14H2,1-5H3. The van der Waals surface area contributed by atoms with Gasteiger partial charge in [-0.2, -0.15) is 0 Å². The van der Waals surface area contributed by atoms with Crippen LogP contribution in [0.15, 0.2) is 0 Å². The second kappa shape index (κ2) is 7.67. The number of ether oxygens (including phenoxy) is 1. The average Bonchev–Trinajstić information content (AvgIpc) is 2.37. The molecule has 0 saturated carbocycles. The van der Waals surface area contributed by atoms with Crippen LogP contribution in [-0.2, 0) is 9.53 Å². The van der Waals surface area contributed by atoms with Crippen molar-refractivity contribution in [2.24, 2.45) is 5.73 Å². The first-order valence-corrected chi connectivity index (χ1v) is 6.55. The predicted octanol–water partition coefficient (Wildman–Crippen LogP) is 1.78. The Morgan fingerprint density at radius 1 is 1.35 bits per heavy atom. The fourth-order valence-corrected chi connectivity index (χ4v) is 1.77. The molecule has 2 N–H and O–H groups in total. The molecule has 4 heteroatoms. The van der Waals surface area contributed by atoms with E-state index in [-0.39, 0.29) is 11.9 Å². The largest absolute Gasteiger partial charge is 0.383 e. The Labute approximate surface area is 105 Å². The summed E-state index contributed by atoms with van der Waals surface area (Å²) in [6.45, 7) is 9.23. The van der Waals surface area contributed by atoms with Crippen LogP contribution in [0.5, 0.6) is 0 Å². The van der Waals surface area contributed by atoms with Crippen molar-refractivity contribution in [2.45, 2.75) is 58.5 Å². The molecule has 0 rings (SSSR count). The molecular weight excluding hydrogens is 216 g/mol. The van der Waals surface area contributed by atoms with Crippen molar-refractivity contribution in [2.75, 3.05) is 20.3 Å². The zero-order valence-electron chi connectivity index (χ0n) is 12.0. The summed E-state index contributed by atoms with van der Waals surface area (Å²) >= 11 is 0. The first kappa shape index (κ1) is 16.4. The molecule has 0 aromatic carbocycles. The summed E-state index contributed by atoms with van der Waals surface area (Å²) in [5, 5.41) is 0. The van der Waals surface area contributed by atoms with E-state index in [9.17, 15) is 4.79 Å². The van der Waals surface area contributed by atoms with Crippen LogP contribution >= 0.6 is 0 Å². The molecule has 0 aliphatic heterocycles. The highest BCUT2D eigenvalue weighted by Gasteiger charge is 2.35. The van der Waals surface area contributed by atoms with Gasteiger partial charge in [-0.15, -0.1) is 0 Å². The molecule has 0 radical (unpaired) electrons. The summed E-state index contributed by atoms with van der Waals surface area (Å²) in [7, 11) is 1.65. The van der Waals surface area contributed by atoms with Gasteiger partial charge in [-0.1, -0.05) is 20.8 Å². The monoisotopic (exact) mass is 244 g/mol. The number of hydrogen-bond acceptors (Lipinski definition) is 3. The van der Waals surface area contributed by atoms with E-state index < -0.39 is 5.54 Å². The lowest BCUT2D eigenvalue weighted by atomic mass is 9.91. The number of nitrogens with two attached hydrogens (primary N) is 1. The SMILES string of the molecule is CCC(C)N(CCOC)C(=O)C(N)(CC)CC. The molecule has 1 amide bonds. The third kappa shape index (κ3) is 4.28. The van der Waals surface area contributed by atoms with E-state index in [1.807, 2.05) is 18.7 Å². The lowest BCUT2D eigenvalue weighted by Crippen LogP contribution is -2.57. The molecule has 0 bridgehead atoms. The Morgan fingerprint density at radius 3 is 2.24 bits per heavy atom. The van der Waals surface area contributed by atoms with Gasteiger partial charge in [-0.3, -0.25) is 4.79 Å². The van der Waals surface area contributed by atoms with Crippen molar-refractivity contribution >= 4 is 5.91 Å². The normalized spacial score (nSPS) is 13.5. The summed E-state index contributed by atoms with van der Waals surface area (Å²) in [6.07, 6.45) is 2.27. The van der Waals surface area contributed by atoms with E-state index in [1.54, 1.807) is 7.11 Å². The Balaban J connectivity index is 4.84. The molecule has 0 saturated heterocycles. The summed E-state index contributed by atoms with van der Waals surface area (Å²) in [4.78, 5) is 14.3. The van der Waals surface area contributed by atoms with Crippen LogP contribution in [0.2, 0.25) is 0 Å². The highest BCUT2D eigenvalue weighted by Crippen LogP contribution is 2.18. The Hall–Kier alpha value is -0.610. The Bertz CT molecular complexity index is 227. The van der Waals surface area contributed by atoms with Crippen LogP contribution in [0.4, 0.5) is 0 Å². The van der Waals surface area contributed by atoms with E-state index in [2.05, 4.69) is 13.8 Å².